The monoisotopic (exact) mass is 302 g/mol. The third-order valence-electron chi connectivity index (χ3n) is 2.78. The van der Waals surface area contributed by atoms with E-state index in [4.69, 9.17) is 0 Å². The average molecular weight is 302 g/mol. The van der Waals surface area contributed by atoms with Gasteiger partial charge in [0, 0.05) is 5.56 Å². The molecule has 0 bridgehead atoms. The molecule has 1 unspecified atom stereocenters. The van der Waals surface area contributed by atoms with E-state index in [0.717, 1.165) is 29.5 Å². The summed E-state index contributed by atoms with van der Waals surface area (Å²) >= 11 is 1.06. The maximum Gasteiger partial charge on any atom is 0.425 e. The van der Waals surface area contributed by atoms with E-state index in [1.165, 1.54) is 29.0 Å². The van der Waals surface area contributed by atoms with Gasteiger partial charge in [-0.3, -0.25) is 0 Å². The molecule has 1 N–H and O–H groups in total. The van der Waals surface area contributed by atoms with Gasteiger partial charge in [0.05, 0.1) is 0 Å². The number of thiophene rings is 1. The Labute approximate surface area is 116 Å². The van der Waals surface area contributed by atoms with Gasteiger partial charge in [0.2, 0.25) is 5.60 Å². The summed E-state index contributed by atoms with van der Waals surface area (Å²) in [6.45, 7) is 0. The first-order valence-electron chi connectivity index (χ1n) is 5.59. The van der Waals surface area contributed by atoms with Gasteiger partial charge < -0.3 is 5.11 Å². The zero-order valence-electron chi connectivity index (χ0n) is 10.1. The van der Waals surface area contributed by atoms with E-state index in [-0.39, 0.29) is 5.56 Å². The van der Waals surface area contributed by atoms with Crippen LogP contribution in [0.1, 0.15) is 11.1 Å². The van der Waals surface area contributed by atoms with Crippen molar-refractivity contribution in [2.75, 3.05) is 0 Å². The lowest BCUT2D eigenvalue weighted by Gasteiger charge is -2.26. The summed E-state index contributed by atoms with van der Waals surface area (Å²) in [7, 11) is 0. The Morgan fingerprint density at radius 1 is 1.05 bits per heavy atom. The predicted molar refractivity (Wildman–Crippen MR) is 69.7 cm³/mol. The Bertz CT molecular complexity index is 587. The van der Waals surface area contributed by atoms with E-state index >= 15 is 0 Å². The third kappa shape index (κ3) is 2.91. The number of rotatable bonds is 3. The van der Waals surface area contributed by atoms with Crippen molar-refractivity contribution in [3.63, 3.8) is 0 Å². The lowest BCUT2D eigenvalue weighted by molar-refractivity contribution is -0.244. The number of hydrogen-bond donors (Lipinski definition) is 1. The first-order valence-corrected chi connectivity index (χ1v) is 6.54. The smallest absolute Gasteiger partial charge is 0.373 e. The van der Waals surface area contributed by atoms with Crippen LogP contribution in [0.5, 0.6) is 0 Å². The van der Waals surface area contributed by atoms with Crippen molar-refractivity contribution in [3.05, 3.63) is 64.1 Å². The molecule has 0 fully saturated rings. The van der Waals surface area contributed by atoms with Crippen LogP contribution in [0.3, 0.4) is 0 Å². The van der Waals surface area contributed by atoms with Crippen LogP contribution in [-0.4, -0.2) is 11.3 Å². The molecule has 1 aromatic heterocycles. The van der Waals surface area contributed by atoms with Crippen LogP contribution >= 0.6 is 11.3 Å². The zero-order valence-corrected chi connectivity index (χ0v) is 10.9. The highest BCUT2D eigenvalue weighted by molar-refractivity contribution is 7.08. The van der Waals surface area contributed by atoms with Crippen LogP contribution in [0.2, 0.25) is 0 Å². The molecule has 0 aliphatic rings. The number of hydrogen-bond acceptors (Lipinski definition) is 2. The van der Waals surface area contributed by atoms with Crippen LogP contribution in [0.4, 0.5) is 17.6 Å². The zero-order chi connectivity index (χ0) is 14.8. The molecule has 0 radical (unpaired) electrons. The summed E-state index contributed by atoms with van der Waals surface area (Å²) in [4.78, 5) is 0. The molecular weight excluding hydrogens is 292 g/mol. The molecule has 0 saturated carbocycles. The Balaban J connectivity index is 2.37. The number of benzene rings is 1. The standard InChI is InChI=1S/C14H10F4OS/c15-12-3-1-10(2-4-12)5-7-13(19,14(16,17)18)11-6-8-20-9-11/h1-9,19H. The number of aliphatic hydroxyl groups is 1. The van der Waals surface area contributed by atoms with Gasteiger partial charge in [0.25, 0.3) is 0 Å². The summed E-state index contributed by atoms with van der Waals surface area (Å²) < 4.78 is 52.0. The highest BCUT2D eigenvalue weighted by atomic mass is 32.1. The molecule has 2 rings (SSSR count). The van der Waals surface area contributed by atoms with Crippen LogP contribution in [0, 0.1) is 5.82 Å². The van der Waals surface area contributed by atoms with Crippen molar-refractivity contribution >= 4 is 17.4 Å². The second kappa shape index (κ2) is 5.38. The molecule has 1 nitrogen and oxygen atoms in total. The minimum Gasteiger partial charge on any atom is -0.373 e. The maximum absolute atomic E-state index is 13.1. The van der Waals surface area contributed by atoms with Crippen LogP contribution in [-0.2, 0) is 5.60 Å². The molecule has 6 heteroatoms. The van der Waals surface area contributed by atoms with Gasteiger partial charge in [-0.1, -0.05) is 18.2 Å². The molecule has 20 heavy (non-hydrogen) atoms. The Morgan fingerprint density at radius 2 is 1.70 bits per heavy atom. The van der Waals surface area contributed by atoms with E-state index in [0.29, 0.717) is 11.6 Å². The van der Waals surface area contributed by atoms with Gasteiger partial charge in [-0.2, -0.15) is 24.5 Å². The molecular formula is C14H10F4OS. The fourth-order valence-electron chi connectivity index (χ4n) is 1.63. The third-order valence-corrected chi connectivity index (χ3v) is 3.46. The van der Waals surface area contributed by atoms with Gasteiger partial charge in [-0.25, -0.2) is 4.39 Å². The normalized spacial score (nSPS) is 15.4. The number of halogens is 4. The highest BCUT2D eigenvalue weighted by Gasteiger charge is 2.53. The molecule has 1 heterocycles. The summed E-state index contributed by atoms with van der Waals surface area (Å²) in [6.07, 6.45) is -3.06. The molecule has 0 saturated heterocycles. The van der Waals surface area contributed by atoms with Gasteiger partial charge in [0.15, 0.2) is 0 Å². The molecule has 2 aromatic rings. The molecule has 0 aliphatic carbocycles. The Kier molecular flexibility index (Phi) is 3.96. The van der Waals surface area contributed by atoms with Crippen LogP contribution in [0.15, 0.2) is 47.2 Å². The van der Waals surface area contributed by atoms with Crippen LogP contribution < -0.4 is 0 Å². The van der Waals surface area contributed by atoms with Crippen molar-refractivity contribution in [2.45, 2.75) is 11.8 Å². The molecule has 0 spiro atoms. The average Bonchev–Trinajstić information content (AvgIpc) is 2.90. The fourth-order valence-corrected chi connectivity index (χ4v) is 2.34. The molecule has 1 aromatic carbocycles. The van der Waals surface area contributed by atoms with Crippen molar-refractivity contribution in [2.24, 2.45) is 0 Å². The van der Waals surface area contributed by atoms with E-state index in [9.17, 15) is 22.7 Å². The van der Waals surface area contributed by atoms with E-state index < -0.39 is 17.6 Å². The lowest BCUT2D eigenvalue weighted by Crippen LogP contribution is -2.40. The summed E-state index contributed by atoms with van der Waals surface area (Å²) in [6, 6.07) is 6.15. The SMILES string of the molecule is OC(C=Cc1ccc(F)cc1)(c1ccsc1)C(F)(F)F. The molecule has 0 aliphatic heterocycles. The van der Waals surface area contributed by atoms with Gasteiger partial charge in [0.1, 0.15) is 5.82 Å². The lowest BCUT2D eigenvalue weighted by atomic mass is 9.94. The summed E-state index contributed by atoms with van der Waals surface area (Å²) in [5.74, 6) is -0.480. The molecule has 0 amide bonds. The Hall–Kier alpha value is -1.66. The van der Waals surface area contributed by atoms with E-state index in [2.05, 4.69) is 0 Å². The Morgan fingerprint density at radius 3 is 2.20 bits per heavy atom. The van der Waals surface area contributed by atoms with Gasteiger partial charge in [-0.15, -0.1) is 0 Å². The first-order chi connectivity index (χ1) is 9.33. The van der Waals surface area contributed by atoms with Crippen molar-refractivity contribution in [3.8, 4) is 0 Å². The number of alkyl halides is 3. The van der Waals surface area contributed by atoms with Crippen LogP contribution in [0.25, 0.3) is 6.08 Å². The highest BCUT2D eigenvalue weighted by Crippen LogP contribution is 2.41. The second-order valence-corrected chi connectivity index (χ2v) is 4.94. The first kappa shape index (κ1) is 14.7. The molecule has 106 valence electrons. The minimum absolute atomic E-state index is 0.242. The largest absolute Gasteiger partial charge is 0.425 e. The fraction of sp³-hybridized carbons (Fsp3) is 0.143. The van der Waals surface area contributed by atoms with Crippen molar-refractivity contribution in [1.29, 1.82) is 0 Å². The summed E-state index contributed by atoms with van der Waals surface area (Å²) in [5, 5.41) is 12.6. The van der Waals surface area contributed by atoms with E-state index in [1.807, 2.05) is 0 Å². The van der Waals surface area contributed by atoms with E-state index in [1.54, 1.807) is 0 Å². The van der Waals surface area contributed by atoms with Crippen molar-refractivity contribution < 1.29 is 22.7 Å². The minimum atomic E-state index is -4.84. The molecule has 1 atom stereocenters. The summed E-state index contributed by atoms with van der Waals surface area (Å²) in [5.41, 5.74) is -2.93. The maximum atomic E-state index is 13.1. The van der Waals surface area contributed by atoms with Gasteiger partial charge >= 0.3 is 6.18 Å². The topological polar surface area (TPSA) is 20.2 Å². The predicted octanol–water partition coefficient (Wildman–Crippen LogP) is 4.35. The van der Waals surface area contributed by atoms with Crippen molar-refractivity contribution in [1.82, 2.24) is 0 Å². The van der Waals surface area contributed by atoms with Gasteiger partial charge in [-0.05, 0) is 40.6 Å². The quantitative estimate of drug-likeness (QED) is 0.836. The second-order valence-electron chi connectivity index (χ2n) is 4.16.